The number of nitrogens with zero attached hydrogens (tertiary/aromatic N) is 3. The van der Waals surface area contributed by atoms with Gasteiger partial charge in [0, 0.05) is 16.6 Å². The molecule has 36 heavy (non-hydrogen) atoms. The van der Waals surface area contributed by atoms with Gasteiger partial charge in [0.05, 0.1) is 10.8 Å². The molecule has 2 aromatic heterocycles. The molecule has 0 bridgehead atoms. The molecule has 0 fully saturated rings. The number of carbonyl (C=O) groups excluding carboxylic acids is 2. The van der Waals surface area contributed by atoms with Crippen LogP contribution in [-0.2, 0) is 4.79 Å². The van der Waals surface area contributed by atoms with Gasteiger partial charge in [-0.1, -0.05) is 94.5 Å². The summed E-state index contributed by atoms with van der Waals surface area (Å²) in [5.41, 5.74) is 1.95. The van der Waals surface area contributed by atoms with E-state index in [4.69, 9.17) is 16.1 Å². The Balaban J connectivity index is 1.23. The van der Waals surface area contributed by atoms with E-state index in [0.29, 0.717) is 31.5 Å². The van der Waals surface area contributed by atoms with Crippen molar-refractivity contribution in [3.05, 3.63) is 83.1 Å². The third kappa shape index (κ3) is 5.11. The predicted octanol–water partition coefficient (Wildman–Crippen LogP) is 6.29. The first-order valence-corrected chi connectivity index (χ1v) is 12.9. The number of halogens is 1. The van der Waals surface area contributed by atoms with Gasteiger partial charge in [0.1, 0.15) is 17.0 Å². The van der Waals surface area contributed by atoms with Crippen molar-refractivity contribution >= 4 is 68.1 Å². The zero-order valence-electron chi connectivity index (χ0n) is 18.8. The highest BCUT2D eigenvalue weighted by Crippen LogP contribution is 2.32. The van der Waals surface area contributed by atoms with Crippen LogP contribution < -0.4 is 10.6 Å². The van der Waals surface area contributed by atoms with Crippen LogP contribution >= 0.6 is 34.7 Å². The highest BCUT2D eigenvalue weighted by molar-refractivity contribution is 8.01. The van der Waals surface area contributed by atoms with Gasteiger partial charge < -0.3 is 9.84 Å². The summed E-state index contributed by atoms with van der Waals surface area (Å²) in [6.45, 7) is 1.65. The third-order valence-corrected chi connectivity index (χ3v) is 7.54. The van der Waals surface area contributed by atoms with Crippen LogP contribution in [0.25, 0.3) is 22.0 Å². The third-order valence-electron chi connectivity index (χ3n) is 5.24. The van der Waals surface area contributed by atoms with Gasteiger partial charge in [-0.25, -0.2) is 0 Å². The quantitative estimate of drug-likeness (QED) is 0.186. The Labute approximate surface area is 219 Å². The number of benzene rings is 3. The number of thioether (sulfide) groups is 1. The van der Waals surface area contributed by atoms with E-state index < -0.39 is 5.91 Å². The maximum atomic E-state index is 13.0. The number of anilines is 2. The molecule has 0 radical (unpaired) electrons. The second-order valence-corrected chi connectivity index (χ2v) is 10.2. The van der Waals surface area contributed by atoms with Crippen LogP contribution in [0.3, 0.4) is 0 Å². The smallest absolute Gasteiger partial charge is 0.263 e. The van der Waals surface area contributed by atoms with Crippen LogP contribution in [0.15, 0.2) is 75.6 Å². The molecular weight excluding hydrogens is 518 g/mol. The molecule has 2 N–H and O–H groups in total. The van der Waals surface area contributed by atoms with Gasteiger partial charge in [0.2, 0.25) is 11.0 Å². The summed E-state index contributed by atoms with van der Waals surface area (Å²) in [6.07, 6.45) is 0. The van der Waals surface area contributed by atoms with Crippen LogP contribution in [0, 0.1) is 6.92 Å². The lowest BCUT2D eigenvalue weighted by molar-refractivity contribution is -0.113. The first-order valence-electron chi connectivity index (χ1n) is 10.8. The largest absolute Gasteiger partial charge is 0.360 e. The second kappa shape index (κ2) is 10.5. The lowest BCUT2D eigenvalue weighted by Gasteiger charge is -2.08. The molecule has 2 amide bonds. The molecule has 0 aliphatic carbocycles. The van der Waals surface area contributed by atoms with Crippen molar-refractivity contribution in [2.45, 2.75) is 11.3 Å². The lowest BCUT2D eigenvalue weighted by Crippen LogP contribution is -2.14. The van der Waals surface area contributed by atoms with Gasteiger partial charge in [0.15, 0.2) is 4.34 Å². The van der Waals surface area contributed by atoms with Crippen molar-refractivity contribution < 1.29 is 14.1 Å². The van der Waals surface area contributed by atoms with Crippen molar-refractivity contribution in [3.63, 3.8) is 0 Å². The molecule has 8 nitrogen and oxygen atoms in total. The zero-order chi connectivity index (χ0) is 25.1. The average Bonchev–Trinajstić information content (AvgIpc) is 3.49. The van der Waals surface area contributed by atoms with Gasteiger partial charge in [-0.2, -0.15) is 0 Å². The Morgan fingerprint density at radius 3 is 2.64 bits per heavy atom. The maximum Gasteiger partial charge on any atom is 0.263 e. The summed E-state index contributed by atoms with van der Waals surface area (Å²) in [5, 5.41) is 20.6. The summed E-state index contributed by atoms with van der Waals surface area (Å²) in [4.78, 5) is 25.5. The van der Waals surface area contributed by atoms with Crippen LogP contribution in [0.2, 0.25) is 5.02 Å². The van der Waals surface area contributed by atoms with Gasteiger partial charge in [0.25, 0.3) is 5.91 Å². The molecule has 5 rings (SSSR count). The first kappa shape index (κ1) is 24.0. The minimum absolute atomic E-state index is 0.146. The van der Waals surface area contributed by atoms with E-state index in [-0.39, 0.29) is 17.2 Å². The predicted molar refractivity (Wildman–Crippen MR) is 143 cm³/mol. The molecule has 0 saturated heterocycles. The molecule has 180 valence electrons. The SMILES string of the molecule is Cc1onc(-c2ccccc2Cl)c1C(=O)Nc1nnc(SCC(=O)Nc2cccc3ccccc23)s1. The molecule has 2 heterocycles. The Kier molecular flexibility index (Phi) is 6.99. The van der Waals surface area contributed by atoms with E-state index in [9.17, 15) is 9.59 Å². The van der Waals surface area contributed by atoms with E-state index in [1.165, 1.54) is 23.1 Å². The fraction of sp³-hybridized carbons (Fsp3) is 0.0800. The Hall–Kier alpha value is -3.73. The summed E-state index contributed by atoms with van der Waals surface area (Å²) in [6, 6.07) is 20.7. The normalized spacial score (nSPS) is 10.9. The number of aryl methyl sites for hydroxylation is 1. The highest BCUT2D eigenvalue weighted by Gasteiger charge is 2.24. The highest BCUT2D eigenvalue weighted by atomic mass is 35.5. The number of hydrogen-bond donors (Lipinski definition) is 2. The molecule has 0 saturated carbocycles. The molecule has 11 heteroatoms. The fourth-order valence-electron chi connectivity index (χ4n) is 3.60. The van der Waals surface area contributed by atoms with Gasteiger partial charge in [-0.3, -0.25) is 14.9 Å². The molecule has 3 aromatic carbocycles. The topological polar surface area (TPSA) is 110 Å². The molecular formula is C25H18ClN5O3S2. The van der Waals surface area contributed by atoms with E-state index in [2.05, 4.69) is 26.0 Å². The fourth-order valence-corrected chi connectivity index (χ4v) is 5.38. The molecule has 0 unspecified atom stereocenters. The van der Waals surface area contributed by atoms with Crippen LogP contribution in [0.5, 0.6) is 0 Å². The number of aromatic nitrogens is 3. The number of carbonyl (C=O) groups is 2. The molecule has 0 atom stereocenters. The van der Waals surface area contributed by atoms with Crippen LogP contribution in [-0.4, -0.2) is 32.9 Å². The van der Waals surface area contributed by atoms with Gasteiger partial charge in [-0.15, -0.1) is 10.2 Å². The summed E-state index contributed by atoms with van der Waals surface area (Å²) in [7, 11) is 0. The minimum Gasteiger partial charge on any atom is -0.360 e. The number of hydrogen-bond acceptors (Lipinski definition) is 8. The molecule has 0 aliphatic rings. The number of rotatable bonds is 7. The molecule has 0 aliphatic heterocycles. The van der Waals surface area contributed by atoms with E-state index >= 15 is 0 Å². The first-order chi connectivity index (χ1) is 17.5. The number of amides is 2. The van der Waals surface area contributed by atoms with Crippen LogP contribution in [0.4, 0.5) is 10.8 Å². The Morgan fingerprint density at radius 2 is 1.78 bits per heavy atom. The van der Waals surface area contributed by atoms with Crippen molar-refractivity contribution in [1.82, 2.24) is 15.4 Å². The molecule has 0 spiro atoms. The molecule has 5 aromatic rings. The van der Waals surface area contributed by atoms with Crippen molar-refractivity contribution in [2.24, 2.45) is 0 Å². The Bertz CT molecular complexity index is 1580. The second-order valence-electron chi connectivity index (χ2n) is 7.63. The van der Waals surface area contributed by atoms with E-state index in [1.54, 1.807) is 31.2 Å². The minimum atomic E-state index is -0.440. The van der Waals surface area contributed by atoms with Crippen molar-refractivity contribution in [3.8, 4) is 11.3 Å². The number of fused-ring (bicyclic) bond motifs is 1. The summed E-state index contributed by atoms with van der Waals surface area (Å²) < 4.78 is 5.81. The zero-order valence-corrected chi connectivity index (χ0v) is 21.2. The van der Waals surface area contributed by atoms with E-state index in [1.807, 2.05) is 42.5 Å². The van der Waals surface area contributed by atoms with Crippen molar-refractivity contribution in [1.29, 1.82) is 0 Å². The lowest BCUT2D eigenvalue weighted by atomic mass is 10.1. The standard InChI is InChI=1S/C25H18ClN5O3S2/c1-14-21(22(31-34-14)17-10-4-5-11-18(17)26)23(33)28-24-29-30-25(36-24)35-13-20(32)27-19-12-6-8-15-7-2-3-9-16(15)19/h2-12H,13H2,1H3,(H,27,32)(H,28,29,33). The van der Waals surface area contributed by atoms with Crippen LogP contribution in [0.1, 0.15) is 16.1 Å². The monoisotopic (exact) mass is 535 g/mol. The van der Waals surface area contributed by atoms with Gasteiger partial charge >= 0.3 is 0 Å². The number of nitrogens with one attached hydrogen (secondary N) is 2. The van der Waals surface area contributed by atoms with E-state index in [0.717, 1.165) is 16.5 Å². The van der Waals surface area contributed by atoms with Gasteiger partial charge in [-0.05, 0) is 24.4 Å². The maximum absolute atomic E-state index is 13.0. The average molecular weight is 536 g/mol. The summed E-state index contributed by atoms with van der Waals surface area (Å²) >= 11 is 8.69. The summed E-state index contributed by atoms with van der Waals surface area (Å²) in [5.74, 6) is -0.106. The Morgan fingerprint density at radius 1 is 1.00 bits per heavy atom. The van der Waals surface area contributed by atoms with Crippen molar-refractivity contribution in [2.75, 3.05) is 16.4 Å².